The maximum absolute atomic E-state index is 12.7. The highest BCUT2D eigenvalue weighted by atomic mass is 16.5. The van der Waals surface area contributed by atoms with Crippen molar-refractivity contribution in [2.75, 3.05) is 19.6 Å². The Kier molecular flexibility index (Phi) is 6.10. The highest BCUT2D eigenvalue weighted by molar-refractivity contribution is 5.87. The van der Waals surface area contributed by atoms with Crippen LogP contribution in [0.5, 0.6) is 5.75 Å². The number of hydrogen-bond donors (Lipinski definition) is 2. The number of benzene rings is 1. The molecule has 182 valence electrons. The van der Waals surface area contributed by atoms with Crippen LogP contribution in [-0.4, -0.2) is 53.2 Å². The SMILES string of the molecule is C[C@@H](Oc1ccc2c3c(c(=O)oc2c1)CCC3)C(=O)NCC(=O)N1CC[C@@]2(O)CCCC[C@@H]2C1. The fraction of sp³-hybridized carbons (Fsp3) is 0.577. The Morgan fingerprint density at radius 2 is 2.06 bits per heavy atom. The van der Waals surface area contributed by atoms with Crippen LogP contribution in [0.4, 0.5) is 0 Å². The molecule has 0 bridgehead atoms. The number of piperidine rings is 1. The fourth-order valence-corrected chi connectivity index (χ4v) is 5.81. The monoisotopic (exact) mass is 468 g/mol. The maximum Gasteiger partial charge on any atom is 0.339 e. The molecule has 2 aromatic rings. The van der Waals surface area contributed by atoms with Gasteiger partial charge in [0.05, 0.1) is 12.1 Å². The van der Waals surface area contributed by atoms with Crippen LogP contribution in [0.3, 0.4) is 0 Å². The van der Waals surface area contributed by atoms with Crippen molar-refractivity contribution >= 4 is 22.8 Å². The van der Waals surface area contributed by atoms with Gasteiger partial charge in [-0.15, -0.1) is 0 Å². The van der Waals surface area contributed by atoms with E-state index in [9.17, 15) is 19.5 Å². The lowest BCUT2D eigenvalue weighted by molar-refractivity contribution is -0.144. The zero-order chi connectivity index (χ0) is 23.9. The van der Waals surface area contributed by atoms with E-state index in [0.717, 1.165) is 61.5 Å². The summed E-state index contributed by atoms with van der Waals surface area (Å²) in [5.74, 6) is 0.00539. The van der Waals surface area contributed by atoms with Crippen LogP contribution < -0.4 is 15.7 Å². The lowest BCUT2D eigenvalue weighted by Crippen LogP contribution is -2.56. The number of ether oxygens (including phenoxy) is 1. The van der Waals surface area contributed by atoms with E-state index < -0.39 is 17.6 Å². The van der Waals surface area contributed by atoms with Crippen molar-refractivity contribution in [2.45, 2.75) is 70.0 Å². The third kappa shape index (κ3) is 4.31. The Balaban J connectivity index is 1.16. The third-order valence-corrected chi connectivity index (χ3v) is 7.82. The Morgan fingerprint density at radius 1 is 1.24 bits per heavy atom. The van der Waals surface area contributed by atoms with Crippen molar-refractivity contribution in [3.63, 3.8) is 0 Å². The standard InChI is InChI=1S/C26H32N2O6/c1-16(33-18-8-9-20-19-6-4-7-21(19)25(31)34-22(20)13-18)24(30)27-14-23(29)28-12-11-26(32)10-3-2-5-17(26)15-28/h8-9,13,16-17,32H,2-7,10-12,14-15H2,1H3,(H,27,30)/t16-,17-,26+/m1/s1. The summed E-state index contributed by atoms with van der Waals surface area (Å²) in [7, 11) is 0. The van der Waals surface area contributed by atoms with Crippen molar-refractivity contribution in [1.82, 2.24) is 10.2 Å². The van der Waals surface area contributed by atoms with Gasteiger partial charge < -0.3 is 24.5 Å². The Hall–Kier alpha value is -2.87. The molecule has 1 aromatic carbocycles. The molecule has 34 heavy (non-hydrogen) atoms. The second-order valence-electron chi connectivity index (χ2n) is 9.97. The van der Waals surface area contributed by atoms with Gasteiger partial charge in [0, 0.05) is 36.0 Å². The number of carbonyl (C=O) groups excluding carboxylic acids is 2. The van der Waals surface area contributed by atoms with Gasteiger partial charge in [0.25, 0.3) is 5.91 Å². The van der Waals surface area contributed by atoms with Crippen molar-refractivity contribution < 1.29 is 23.8 Å². The number of hydrogen-bond acceptors (Lipinski definition) is 6. The van der Waals surface area contributed by atoms with Crippen LogP contribution in [0, 0.1) is 5.92 Å². The molecule has 0 unspecified atom stereocenters. The number of fused-ring (bicyclic) bond motifs is 4. The Bertz CT molecular complexity index is 1170. The van der Waals surface area contributed by atoms with Gasteiger partial charge in [-0.1, -0.05) is 12.8 Å². The van der Waals surface area contributed by atoms with Crippen molar-refractivity contribution in [1.29, 1.82) is 0 Å². The number of likely N-dealkylation sites (tertiary alicyclic amines) is 1. The summed E-state index contributed by atoms with van der Waals surface area (Å²) in [6.45, 7) is 2.57. The molecule has 1 saturated carbocycles. The van der Waals surface area contributed by atoms with Gasteiger partial charge in [0.2, 0.25) is 5.91 Å². The largest absolute Gasteiger partial charge is 0.481 e. The number of amides is 2. The molecule has 8 heteroatoms. The maximum atomic E-state index is 12.7. The lowest BCUT2D eigenvalue weighted by atomic mass is 9.71. The molecule has 2 fully saturated rings. The number of aryl methyl sites for hydroxylation is 1. The second kappa shape index (κ2) is 9.06. The van der Waals surface area contributed by atoms with Crippen LogP contribution >= 0.6 is 0 Å². The summed E-state index contributed by atoms with van der Waals surface area (Å²) in [5.41, 5.74) is 1.33. The number of nitrogens with zero attached hydrogens (tertiary/aromatic N) is 1. The molecule has 1 aliphatic heterocycles. The molecule has 5 rings (SSSR count). The molecule has 1 aromatic heterocycles. The molecule has 2 aliphatic carbocycles. The summed E-state index contributed by atoms with van der Waals surface area (Å²) in [6.07, 6.45) is 6.21. The van der Waals surface area contributed by atoms with Crippen molar-refractivity contribution in [3.8, 4) is 5.75 Å². The summed E-state index contributed by atoms with van der Waals surface area (Å²) in [6, 6.07) is 5.28. The highest BCUT2D eigenvalue weighted by Crippen LogP contribution is 2.39. The van der Waals surface area contributed by atoms with E-state index >= 15 is 0 Å². The van der Waals surface area contributed by atoms with E-state index in [4.69, 9.17) is 9.15 Å². The van der Waals surface area contributed by atoms with Crippen LogP contribution in [0.15, 0.2) is 27.4 Å². The lowest BCUT2D eigenvalue weighted by Gasteiger charge is -2.47. The normalized spacial score (nSPS) is 24.9. The van der Waals surface area contributed by atoms with Gasteiger partial charge in [-0.05, 0) is 63.1 Å². The summed E-state index contributed by atoms with van der Waals surface area (Å²) in [5, 5.41) is 14.4. The minimum Gasteiger partial charge on any atom is -0.481 e. The first-order valence-electron chi connectivity index (χ1n) is 12.4. The summed E-state index contributed by atoms with van der Waals surface area (Å²) in [4.78, 5) is 39.2. The molecule has 3 aliphatic rings. The first-order valence-corrected chi connectivity index (χ1v) is 12.4. The Morgan fingerprint density at radius 3 is 2.91 bits per heavy atom. The van der Waals surface area contributed by atoms with Gasteiger partial charge in [-0.2, -0.15) is 0 Å². The van der Waals surface area contributed by atoms with E-state index in [1.54, 1.807) is 24.0 Å². The van der Waals surface area contributed by atoms with E-state index in [1.807, 2.05) is 6.07 Å². The summed E-state index contributed by atoms with van der Waals surface area (Å²) < 4.78 is 11.2. The molecular formula is C26H32N2O6. The first-order chi connectivity index (χ1) is 16.3. The molecule has 8 nitrogen and oxygen atoms in total. The smallest absolute Gasteiger partial charge is 0.339 e. The minimum atomic E-state index is -0.823. The molecule has 0 radical (unpaired) electrons. The van der Waals surface area contributed by atoms with Crippen LogP contribution in [-0.2, 0) is 22.4 Å². The zero-order valence-corrected chi connectivity index (χ0v) is 19.6. The molecule has 2 amide bonds. The third-order valence-electron chi connectivity index (χ3n) is 7.82. The van der Waals surface area contributed by atoms with Crippen LogP contribution in [0.2, 0.25) is 0 Å². The van der Waals surface area contributed by atoms with Crippen molar-refractivity contribution in [3.05, 3.63) is 39.7 Å². The van der Waals surface area contributed by atoms with Gasteiger partial charge in [0.1, 0.15) is 11.3 Å². The second-order valence-corrected chi connectivity index (χ2v) is 9.97. The van der Waals surface area contributed by atoms with Gasteiger partial charge in [0.15, 0.2) is 6.10 Å². The molecular weight excluding hydrogens is 436 g/mol. The van der Waals surface area contributed by atoms with Crippen LogP contribution in [0.25, 0.3) is 11.0 Å². The van der Waals surface area contributed by atoms with Gasteiger partial charge in [-0.3, -0.25) is 9.59 Å². The van der Waals surface area contributed by atoms with E-state index in [0.29, 0.717) is 30.8 Å². The van der Waals surface area contributed by atoms with Crippen LogP contribution in [0.1, 0.15) is 56.6 Å². The molecule has 3 atom stereocenters. The van der Waals surface area contributed by atoms with Crippen molar-refractivity contribution in [2.24, 2.45) is 5.92 Å². The predicted octanol–water partition coefficient (Wildman–Crippen LogP) is 2.32. The number of aliphatic hydroxyl groups is 1. The number of carbonyl (C=O) groups is 2. The first kappa shape index (κ1) is 22.9. The Labute approximate surface area is 198 Å². The van der Waals surface area contributed by atoms with E-state index in [2.05, 4.69) is 5.32 Å². The molecule has 0 spiro atoms. The van der Waals surface area contributed by atoms with Gasteiger partial charge in [-0.25, -0.2) is 4.79 Å². The average Bonchev–Trinajstić information content (AvgIpc) is 3.32. The van der Waals surface area contributed by atoms with Gasteiger partial charge >= 0.3 is 5.63 Å². The molecule has 2 N–H and O–H groups in total. The molecule has 2 heterocycles. The average molecular weight is 469 g/mol. The molecule has 1 saturated heterocycles. The number of nitrogens with one attached hydrogen (secondary N) is 1. The van der Waals surface area contributed by atoms with E-state index in [1.165, 1.54) is 0 Å². The summed E-state index contributed by atoms with van der Waals surface area (Å²) >= 11 is 0. The zero-order valence-electron chi connectivity index (χ0n) is 19.6. The highest BCUT2D eigenvalue weighted by Gasteiger charge is 2.43. The fourth-order valence-electron chi connectivity index (χ4n) is 5.81. The topological polar surface area (TPSA) is 109 Å². The minimum absolute atomic E-state index is 0.101. The quantitative estimate of drug-likeness (QED) is 0.652. The number of rotatable bonds is 5. The predicted molar refractivity (Wildman–Crippen MR) is 126 cm³/mol. The van der Waals surface area contributed by atoms with E-state index in [-0.39, 0.29) is 24.0 Å².